The van der Waals surface area contributed by atoms with Crippen LogP contribution in [0.4, 0.5) is 10.5 Å². The second kappa shape index (κ2) is 12.3. The maximum absolute atomic E-state index is 12.4. The third-order valence-corrected chi connectivity index (χ3v) is 6.30. The minimum Gasteiger partial charge on any atom is -0.508 e. The van der Waals surface area contributed by atoms with Gasteiger partial charge in [0, 0.05) is 42.7 Å². The van der Waals surface area contributed by atoms with Crippen LogP contribution in [0.5, 0.6) is 11.5 Å². The molecule has 198 valence electrons. The topological polar surface area (TPSA) is 172 Å². The number of amidine groups is 1. The number of anilines is 1. The fraction of sp³-hybridized carbons (Fsp3) is 0.370. The van der Waals surface area contributed by atoms with Gasteiger partial charge in [0.25, 0.3) is 5.84 Å². The lowest BCUT2D eigenvalue weighted by Crippen LogP contribution is -2.55. The Morgan fingerprint density at radius 3 is 2.51 bits per heavy atom. The number of carbonyl (C=O) groups is 2. The summed E-state index contributed by atoms with van der Waals surface area (Å²) in [6.45, 7) is 5.51. The Morgan fingerprint density at radius 2 is 1.84 bits per heavy atom. The van der Waals surface area contributed by atoms with Gasteiger partial charge in [-0.05, 0) is 61.2 Å². The highest BCUT2D eigenvalue weighted by atomic mass is 16.3. The van der Waals surface area contributed by atoms with Crippen molar-refractivity contribution < 1.29 is 25.2 Å². The van der Waals surface area contributed by atoms with E-state index >= 15 is 0 Å². The lowest BCUT2D eigenvalue weighted by molar-refractivity contribution is -0.121. The van der Waals surface area contributed by atoms with E-state index in [1.165, 1.54) is 6.07 Å². The number of nitrogens with one attached hydrogen (secondary N) is 1. The summed E-state index contributed by atoms with van der Waals surface area (Å²) in [5, 5.41) is 30.7. The van der Waals surface area contributed by atoms with Crippen molar-refractivity contribution >= 4 is 34.4 Å². The van der Waals surface area contributed by atoms with E-state index in [0.29, 0.717) is 37.3 Å². The predicted octanol–water partition coefficient (Wildman–Crippen LogP) is 1.90. The highest BCUT2D eigenvalue weighted by Gasteiger charge is 2.31. The van der Waals surface area contributed by atoms with Gasteiger partial charge in [0.15, 0.2) is 0 Å². The number of carbonyl (C=O) groups excluding carboxylic acids is 2. The molecule has 0 bridgehead atoms. The van der Waals surface area contributed by atoms with Crippen molar-refractivity contribution in [2.45, 2.75) is 52.0 Å². The summed E-state index contributed by atoms with van der Waals surface area (Å²) in [4.78, 5) is 25.6. The molecule has 10 heteroatoms. The molecule has 3 rings (SSSR count). The molecule has 0 spiro atoms. The maximum atomic E-state index is 12.4. The molecule has 10 nitrogen and oxygen atoms in total. The number of hydrogen-bond donors (Lipinski definition) is 6. The largest absolute Gasteiger partial charge is 0.508 e. The van der Waals surface area contributed by atoms with E-state index in [0.717, 1.165) is 35.1 Å². The van der Waals surface area contributed by atoms with Gasteiger partial charge in [0.05, 0.1) is 0 Å². The van der Waals surface area contributed by atoms with E-state index in [4.69, 9.17) is 16.9 Å². The Hall–Kier alpha value is -4.05. The smallest absolute Gasteiger partial charge is 0.411 e. The molecule has 0 aliphatic heterocycles. The number of primary amides is 1. The average molecular weight is 510 g/mol. The number of phenolic OH excluding ortho intramolecular Hbond substituents is 2. The molecule has 0 aliphatic carbocycles. The van der Waals surface area contributed by atoms with E-state index in [-0.39, 0.29) is 34.7 Å². The minimum absolute atomic E-state index is 0.0250. The highest BCUT2D eigenvalue weighted by Crippen LogP contribution is 2.33. The molecule has 0 atom stereocenters. The van der Waals surface area contributed by atoms with Crippen LogP contribution in [0.3, 0.4) is 0 Å². The monoisotopic (exact) mass is 509 g/mol. The van der Waals surface area contributed by atoms with Gasteiger partial charge in [-0.15, -0.1) is 4.90 Å². The van der Waals surface area contributed by atoms with E-state index in [1.807, 2.05) is 36.7 Å². The Kier molecular flexibility index (Phi) is 9.13. The first kappa shape index (κ1) is 27.5. The van der Waals surface area contributed by atoms with Gasteiger partial charge in [-0.25, -0.2) is 4.79 Å². The molecule has 37 heavy (non-hydrogen) atoms. The standard InChI is InChI=1S/C27H36N6O4/c1-17(2)20-15-21(24(35)16-23(20)34)26(29)33(27(30)37)19-7-8-22-18(14-19)9-12-32(22)13-11-31-25(36)6-4-3-5-10-28/h7-9,12,14-17,29,34-35H,3-6,10-11,13,28H2,1-2H3,(H2,30,37)(H,31,36)/p+1. The van der Waals surface area contributed by atoms with E-state index < -0.39 is 6.03 Å². The summed E-state index contributed by atoms with van der Waals surface area (Å²) in [5.74, 6) is -0.386. The number of amides is 3. The molecule has 0 saturated carbocycles. The van der Waals surface area contributed by atoms with Gasteiger partial charge < -0.3 is 31.6 Å². The Labute approximate surface area is 216 Å². The highest BCUT2D eigenvalue weighted by molar-refractivity contribution is 6.21. The Bertz CT molecular complexity index is 1280. The first-order valence-corrected chi connectivity index (χ1v) is 12.5. The van der Waals surface area contributed by atoms with Crippen molar-refractivity contribution in [1.29, 1.82) is 0 Å². The number of aromatic nitrogens is 1. The second-order valence-corrected chi connectivity index (χ2v) is 9.34. The van der Waals surface area contributed by atoms with Crippen molar-refractivity contribution in [1.82, 2.24) is 9.88 Å². The molecular formula is C27H37N6O4+. The van der Waals surface area contributed by atoms with Crippen molar-refractivity contribution in [3.8, 4) is 11.5 Å². The fourth-order valence-electron chi connectivity index (χ4n) is 4.30. The first-order valence-electron chi connectivity index (χ1n) is 12.5. The summed E-state index contributed by atoms with van der Waals surface area (Å²) in [5.41, 5.74) is 13.3. The molecule has 0 fully saturated rings. The zero-order chi connectivity index (χ0) is 27.1. The maximum Gasteiger partial charge on any atom is 0.411 e. The minimum atomic E-state index is -0.816. The van der Waals surface area contributed by atoms with Crippen LogP contribution in [0.1, 0.15) is 56.6 Å². The number of phenols is 2. The SMILES string of the molecule is CC(C)c1cc(C(=[NH2+])N(C(N)=O)c2ccc3c(ccn3CCNC(=O)CCCCCN)c2)c(O)cc1O. The summed E-state index contributed by atoms with van der Waals surface area (Å²) >= 11 is 0. The van der Waals surface area contributed by atoms with Crippen LogP contribution in [-0.2, 0) is 11.3 Å². The van der Waals surface area contributed by atoms with Crippen LogP contribution in [0.25, 0.3) is 10.9 Å². The van der Waals surface area contributed by atoms with Crippen LogP contribution < -0.4 is 27.1 Å². The van der Waals surface area contributed by atoms with Crippen LogP contribution in [0, 0.1) is 0 Å². The summed E-state index contributed by atoms with van der Waals surface area (Å²) in [6.07, 6.45) is 5.10. The van der Waals surface area contributed by atoms with Gasteiger partial charge in [-0.2, -0.15) is 0 Å². The average Bonchev–Trinajstić information content (AvgIpc) is 3.23. The molecule has 0 aliphatic rings. The zero-order valence-electron chi connectivity index (χ0n) is 21.4. The molecule has 3 aromatic rings. The summed E-state index contributed by atoms with van der Waals surface area (Å²) < 4.78 is 2.01. The Morgan fingerprint density at radius 1 is 1.08 bits per heavy atom. The number of nitrogens with zero attached hydrogens (tertiary/aromatic N) is 2. The van der Waals surface area contributed by atoms with Gasteiger partial charge >= 0.3 is 6.03 Å². The van der Waals surface area contributed by atoms with Gasteiger partial charge in [-0.3, -0.25) is 10.2 Å². The number of aromatic hydroxyl groups is 2. The number of rotatable bonds is 11. The third-order valence-electron chi connectivity index (χ3n) is 6.30. The lowest BCUT2D eigenvalue weighted by Gasteiger charge is -2.17. The van der Waals surface area contributed by atoms with Gasteiger partial charge in [0.1, 0.15) is 22.7 Å². The first-order chi connectivity index (χ1) is 17.6. The van der Waals surface area contributed by atoms with Crippen molar-refractivity contribution in [3.05, 3.63) is 53.7 Å². The van der Waals surface area contributed by atoms with E-state index in [9.17, 15) is 19.8 Å². The van der Waals surface area contributed by atoms with Gasteiger partial charge in [-0.1, -0.05) is 20.3 Å². The molecule has 0 unspecified atom stereocenters. The number of fused-ring (bicyclic) bond motifs is 1. The van der Waals surface area contributed by atoms with Crippen LogP contribution in [-0.4, -0.2) is 45.6 Å². The number of nitrogens with two attached hydrogens (primary N) is 3. The third kappa shape index (κ3) is 6.59. The Balaban J connectivity index is 1.76. The molecule has 0 saturated heterocycles. The fourth-order valence-corrected chi connectivity index (χ4v) is 4.30. The van der Waals surface area contributed by atoms with E-state index in [1.54, 1.807) is 18.2 Å². The number of urea groups is 1. The van der Waals surface area contributed by atoms with Crippen molar-refractivity contribution in [2.75, 3.05) is 18.0 Å². The number of unbranched alkanes of at least 4 members (excludes halogenated alkanes) is 2. The van der Waals surface area contributed by atoms with Crippen molar-refractivity contribution in [2.24, 2.45) is 11.5 Å². The number of hydrogen-bond acceptors (Lipinski definition) is 5. The van der Waals surface area contributed by atoms with Crippen molar-refractivity contribution in [3.63, 3.8) is 0 Å². The van der Waals surface area contributed by atoms with Crippen LogP contribution in [0.15, 0.2) is 42.6 Å². The number of benzene rings is 2. The molecule has 1 aromatic heterocycles. The molecule has 0 radical (unpaired) electrons. The van der Waals surface area contributed by atoms with E-state index in [2.05, 4.69) is 5.32 Å². The molecule has 1 heterocycles. The van der Waals surface area contributed by atoms with Crippen LogP contribution in [0.2, 0.25) is 0 Å². The van der Waals surface area contributed by atoms with Crippen LogP contribution >= 0.6 is 0 Å². The molecule has 3 amide bonds. The zero-order valence-corrected chi connectivity index (χ0v) is 21.4. The predicted molar refractivity (Wildman–Crippen MR) is 144 cm³/mol. The summed E-state index contributed by atoms with van der Waals surface area (Å²) in [6, 6.07) is 9.19. The second-order valence-electron chi connectivity index (χ2n) is 9.34. The lowest BCUT2D eigenvalue weighted by atomic mass is 9.98. The molecule has 2 aromatic carbocycles. The molecule has 9 N–H and O–H groups in total. The molecular weight excluding hydrogens is 472 g/mol. The summed E-state index contributed by atoms with van der Waals surface area (Å²) in [7, 11) is 0. The van der Waals surface area contributed by atoms with Gasteiger partial charge in [0.2, 0.25) is 5.91 Å². The quantitative estimate of drug-likeness (QED) is 0.131. The normalized spacial score (nSPS) is 11.1.